The Kier molecular flexibility index (Phi) is 6.46. The van der Waals surface area contributed by atoms with E-state index in [4.69, 9.17) is 0 Å². The van der Waals surface area contributed by atoms with Crippen molar-refractivity contribution in [1.82, 2.24) is 5.01 Å². The van der Waals surface area contributed by atoms with Crippen LogP contribution in [0.5, 0.6) is 11.5 Å². The summed E-state index contributed by atoms with van der Waals surface area (Å²) >= 11 is 0. The van der Waals surface area contributed by atoms with E-state index in [1.54, 1.807) is 48.5 Å². The molecule has 3 aromatic carbocycles. The van der Waals surface area contributed by atoms with Crippen LogP contribution in [0.1, 0.15) is 29.0 Å². The summed E-state index contributed by atoms with van der Waals surface area (Å²) in [6, 6.07) is 18.9. The molecule has 39 heavy (non-hydrogen) atoms. The van der Waals surface area contributed by atoms with Crippen LogP contribution in [0.4, 0.5) is 18.9 Å². The molecule has 0 unspecified atom stereocenters. The number of ether oxygens (including phenoxy) is 1. The van der Waals surface area contributed by atoms with Crippen molar-refractivity contribution in [2.45, 2.75) is 31.0 Å². The Hall–Kier alpha value is -4.53. The number of allylic oxidation sites excluding steroid dienone is 3. The number of fused-ring (bicyclic) bond motifs is 1. The SMILES string of the molecule is C=CC1=CC[C@H]2C(=O)N(Nc3ccc(C)cc3)C(=O)[C@@]2(c2ccccc2)[C@H]1c1cc(OC(F)(F)F)ccc1O. The molecule has 1 heterocycles. The Morgan fingerprint density at radius 3 is 2.41 bits per heavy atom. The number of benzene rings is 3. The van der Waals surface area contributed by atoms with Crippen molar-refractivity contribution in [2.24, 2.45) is 5.92 Å². The summed E-state index contributed by atoms with van der Waals surface area (Å²) in [5.74, 6) is -3.95. The normalized spacial score (nSPS) is 22.8. The molecule has 5 rings (SSSR count). The third-order valence-corrected chi connectivity index (χ3v) is 7.33. The highest BCUT2D eigenvalue weighted by Crippen LogP contribution is 2.59. The molecule has 3 aromatic rings. The van der Waals surface area contributed by atoms with Crippen molar-refractivity contribution < 1.29 is 32.6 Å². The third-order valence-electron chi connectivity index (χ3n) is 7.33. The van der Waals surface area contributed by atoms with E-state index >= 15 is 0 Å². The second-order valence-electron chi connectivity index (χ2n) is 9.59. The number of phenols is 1. The lowest BCUT2D eigenvalue weighted by atomic mass is 9.56. The Bertz CT molecular complexity index is 1470. The van der Waals surface area contributed by atoms with Crippen LogP contribution in [0.15, 0.2) is 97.1 Å². The molecular formula is C30H25F3N2O4. The average Bonchev–Trinajstić information content (AvgIpc) is 3.12. The van der Waals surface area contributed by atoms with Gasteiger partial charge in [0.2, 0.25) is 0 Å². The molecule has 1 saturated heterocycles. The van der Waals surface area contributed by atoms with Crippen LogP contribution in [0.25, 0.3) is 0 Å². The molecule has 2 amide bonds. The van der Waals surface area contributed by atoms with Gasteiger partial charge in [0, 0.05) is 11.5 Å². The smallest absolute Gasteiger partial charge is 0.508 e. The molecule has 2 aliphatic rings. The van der Waals surface area contributed by atoms with Crippen LogP contribution in [0.2, 0.25) is 0 Å². The molecule has 3 atom stereocenters. The minimum atomic E-state index is -4.97. The summed E-state index contributed by atoms with van der Waals surface area (Å²) in [6.45, 7) is 5.77. The predicted molar refractivity (Wildman–Crippen MR) is 139 cm³/mol. The van der Waals surface area contributed by atoms with Gasteiger partial charge in [-0.05, 0) is 54.8 Å². The minimum Gasteiger partial charge on any atom is -0.508 e. The molecule has 1 fully saturated rings. The minimum absolute atomic E-state index is 0.00906. The maximum atomic E-state index is 14.5. The lowest BCUT2D eigenvalue weighted by Crippen LogP contribution is -2.48. The number of phenolic OH excluding ortho intramolecular Hbond substituents is 1. The van der Waals surface area contributed by atoms with Crippen LogP contribution in [0, 0.1) is 12.8 Å². The zero-order chi connectivity index (χ0) is 27.9. The molecule has 1 aliphatic heterocycles. The van der Waals surface area contributed by atoms with Gasteiger partial charge in [0.25, 0.3) is 11.8 Å². The number of carbonyl (C=O) groups is 2. The number of alkyl halides is 3. The van der Waals surface area contributed by atoms with Crippen molar-refractivity contribution in [2.75, 3.05) is 5.43 Å². The molecule has 0 radical (unpaired) electrons. The van der Waals surface area contributed by atoms with Gasteiger partial charge in [0.05, 0.1) is 17.0 Å². The molecule has 200 valence electrons. The summed E-state index contributed by atoms with van der Waals surface area (Å²) in [5.41, 5.74) is 3.83. The van der Waals surface area contributed by atoms with Gasteiger partial charge in [-0.1, -0.05) is 66.8 Å². The number of amides is 2. The second-order valence-corrected chi connectivity index (χ2v) is 9.59. The molecule has 0 saturated carbocycles. The standard InChI is InChI=1S/C30H25F3N2O4/c1-3-19-11-15-24-27(37)35(34-21-12-9-18(2)10-13-21)28(38)29(24,20-7-5-4-6-8-20)26(19)23-17-22(14-16-25(23)36)39-30(31,32)33/h3-14,16-17,24,26,34,36H,1,15H2,2H3/t24-,26+,29+/m0/s1. The first kappa shape index (κ1) is 26.1. The fraction of sp³-hybridized carbons (Fsp3) is 0.200. The molecular weight excluding hydrogens is 509 g/mol. The van der Waals surface area contributed by atoms with Crippen molar-refractivity contribution in [3.05, 3.63) is 114 Å². The van der Waals surface area contributed by atoms with Crippen LogP contribution in [-0.2, 0) is 15.0 Å². The van der Waals surface area contributed by atoms with E-state index in [0.717, 1.165) is 28.8 Å². The van der Waals surface area contributed by atoms with Gasteiger partial charge in [-0.15, -0.1) is 13.2 Å². The van der Waals surface area contributed by atoms with E-state index < -0.39 is 41.2 Å². The van der Waals surface area contributed by atoms with Crippen molar-refractivity contribution in [3.63, 3.8) is 0 Å². The van der Waals surface area contributed by atoms with Crippen molar-refractivity contribution in [1.29, 1.82) is 0 Å². The maximum Gasteiger partial charge on any atom is 0.573 e. The molecule has 0 aromatic heterocycles. The Morgan fingerprint density at radius 1 is 1.08 bits per heavy atom. The highest BCUT2D eigenvalue weighted by atomic mass is 19.4. The van der Waals surface area contributed by atoms with Gasteiger partial charge in [-0.2, -0.15) is 5.01 Å². The fourth-order valence-corrected chi connectivity index (χ4v) is 5.69. The number of aromatic hydroxyl groups is 1. The molecule has 1 aliphatic carbocycles. The van der Waals surface area contributed by atoms with Crippen LogP contribution >= 0.6 is 0 Å². The van der Waals surface area contributed by atoms with Gasteiger partial charge >= 0.3 is 6.36 Å². The van der Waals surface area contributed by atoms with E-state index in [0.29, 0.717) is 16.8 Å². The number of aryl methyl sites for hydroxylation is 1. The summed E-state index contributed by atoms with van der Waals surface area (Å²) < 4.78 is 43.4. The van der Waals surface area contributed by atoms with Gasteiger partial charge < -0.3 is 9.84 Å². The molecule has 2 N–H and O–H groups in total. The Labute approximate surface area is 223 Å². The van der Waals surface area contributed by atoms with E-state index in [1.807, 2.05) is 19.1 Å². The van der Waals surface area contributed by atoms with Crippen molar-refractivity contribution >= 4 is 17.5 Å². The zero-order valence-corrected chi connectivity index (χ0v) is 20.9. The van der Waals surface area contributed by atoms with E-state index in [9.17, 15) is 27.9 Å². The van der Waals surface area contributed by atoms with Crippen LogP contribution in [-0.4, -0.2) is 28.3 Å². The van der Waals surface area contributed by atoms with Crippen LogP contribution < -0.4 is 10.2 Å². The summed E-state index contributed by atoms with van der Waals surface area (Å²) in [6.07, 6.45) is -1.55. The number of hydrogen-bond acceptors (Lipinski definition) is 5. The maximum absolute atomic E-state index is 14.5. The van der Waals surface area contributed by atoms with E-state index in [-0.39, 0.29) is 17.7 Å². The monoisotopic (exact) mass is 534 g/mol. The second kappa shape index (κ2) is 9.65. The molecule has 0 spiro atoms. The number of hydrazine groups is 1. The van der Waals surface area contributed by atoms with Gasteiger partial charge in [0.15, 0.2) is 0 Å². The van der Waals surface area contributed by atoms with Crippen molar-refractivity contribution in [3.8, 4) is 11.5 Å². The number of rotatable bonds is 6. The number of anilines is 1. The van der Waals surface area contributed by atoms with Gasteiger partial charge in [-0.25, -0.2) is 0 Å². The van der Waals surface area contributed by atoms with Crippen LogP contribution in [0.3, 0.4) is 0 Å². The van der Waals surface area contributed by atoms with E-state index in [1.165, 1.54) is 6.08 Å². The Balaban J connectivity index is 1.72. The van der Waals surface area contributed by atoms with Gasteiger partial charge in [0.1, 0.15) is 11.5 Å². The highest BCUT2D eigenvalue weighted by Gasteiger charge is 2.66. The van der Waals surface area contributed by atoms with Gasteiger partial charge in [-0.3, -0.25) is 15.0 Å². The largest absolute Gasteiger partial charge is 0.573 e. The lowest BCUT2D eigenvalue weighted by molar-refractivity contribution is -0.274. The fourth-order valence-electron chi connectivity index (χ4n) is 5.69. The molecule has 9 heteroatoms. The lowest BCUT2D eigenvalue weighted by Gasteiger charge is -2.43. The number of halogens is 3. The highest BCUT2D eigenvalue weighted by molar-refractivity contribution is 6.12. The summed E-state index contributed by atoms with van der Waals surface area (Å²) in [4.78, 5) is 28.4. The quantitative estimate of drug-likeness (QED) is 0.371. The third kappa shape index (κ3) is 4.43. The summed E-state index contributed by atoms with van der Waals surface area (Å²) in [7, 11) is 0. The number of carbonyl (C=O) groups excluding carboxylic acids is 2. The topological polar surface area (TPSA) is 78.9 Å². The first-order valence-electron chi connectivity index (χ1n) is 12.2. The zero-order valence-electron chi connectivity index (χ0n) is 20.9. The Morgan fingerprint density at radius 2 is 1.77 bits per heavy atom. The number of hydrogen-bond donors (Lipinski definition) is 2. The first-order chi connectivity index (χ1) is 18.6. The number of nitrogens with zero attached hydrogens (tertiary/aromatic N) is 1. The summed E-state index contributed by atoms with van der Waals surface area (Å²) in [5, 5.41) is 11.9. The number of imide groups is 1. The average molecular weight is 535 g/mol. The molecule has 6 nitrogen and oxygen atoms in total. The number of nitrogens with one attached hydrogen (secondary N) is 1. The first-order valence-corrected chi connectivity index (χ1v) is 12.2. The van der Waals surface area contributed by atoms with E-state index in [2.05, 4.69) is 16.7 Å². The predicted octanol–water partition coefficient (Wildman–Crippen LogP) is 6.15. The molecule has 0 bridgehead atoms.